The smallest absolute Gasteiger partial charge is 0.0949 e. The number of nitrogens with zero attached hydrogens (tertiary/aromatic N) is 4. The van der Waals surface area contributed by atoms with Crippen molar-refractivity contribution in [3.63, 3.8) is 0 Å². The van der Waals surface area contributed by atoms with Gasteiger partial charge in [0.05, 0.1) is 18.3 Å². The first kappa shape index (κ1) is 9.92. The second-order valence-corrected chi connectivity index (χ2v) is 3.60. The summed E-state index contributed by atoms with van der Waals surface area (Å²) in [5.41, 5.74) is 6.89. The van der Waals surface area contributed by atoms with E-state index in [2.05, 4.69) is 14.5 Å². The second-order valence-electron chi connectivity index (χ2n) is 3.60. The summed E-state index contributed by atoms with van der Waals surface area (Å²) in [6, 6.07) is 0.0234. The van der Waals surface area contributed by atoms with Crippen LogP contribution in [-0.4, -0.2) is 19.1 Å². The molecule has 15 heavy (non-hydrogen) atoms. The highest BCUT2D eigenvalue weighted by Gasteiger charge is 2.05. The molecule has 2 aromatic heterocycles. The van der Waals surface area contributed by atoms with Crippen molar-refractivity contribution in [3.8, 4) is 0 Å². The van der Waals surface area contributed by atoms with Crippen LogP contribution in [0, 0.1) is 0 Å². The molecule has 0 spiro atoms. The second kappa shape index (κ2) is 4.27. The zero-order valence-electron chi connectivity index (χ0n) is 8.74. The number of hydrogen-bond acceptors (Lipinski definition) is 3. The molecular weight excluding hydrogens is 190 g/mol. The Morgan fingerprint density at radius 1 is 1.33 bits per heavy atom. The Labute approximate surface area is 88.6 Å². The lowest BCUT2D eigenvalue weighted by Gasteiger charge is -2.10. The van der Waals surface area contributed by atoms with Gasteiger partial charge in [0.2, 0.25) is 0 Å². The highest BCUT2D eigenvalue weighted by Crippen LogP contribution is 2.08. The molecule has 5 heteroatoms. The Kier molecular flexibility index (Phi) is 2.82. The molecule has 2 heterocycles. The fourth-order valence-corrected chi connectivity index (χ4v) is 1.54. The average Bonchev–Trinajstić information content (AvgIpc) is 2.86. The van der Waals surface area contributed by atoms with Crippen molar-refractivity contribution >= 4 is 0 Å². The first-order chi connectivity index (χ1) is 7.27. The van der Waals surface area contributed by atoms with Gasteiger partial charge in [-0.1, -0.05) is 0 Å². The fourth-order valence-electron chi connectivity index (χ4n) is 1.54. The van der Waals surface area contributed by atoms with Gasteiger partial charge in [0.25, 0.3) is 0 Å². The molecule has 0 aliphatic carbocycles. The van der Waals surface area contributed by atoms with Gasteiger partial charge in [-0.25, -0.2) is 9.97 Å². The Bertz CT molecular complexity index is 401. The minimum atomic E-state index is 0.0234. The molecule has 0 unspecified atom stereocenters. The van der Waals surface area contributed by atoms with E-state index < -0.39 is 0 Å². The molecule has 80 valence electrons. The zero-order chi connectivity index (χ0) is 10.7. The molecule has 2 rings (SSSR count). The monoisotopic (exact) mass is 205 g/mol. The molecule has 0 amide bonds. The van der Waals surface area contributed by atoms with Crippen LogP contribution in [0.2, 0.25) is 0 Å². The van der Waals surface area contributed by atoms with Crippen molar-refractivity contribution < 1.29 is 0 Å². The Morgan fingerprint density at radius 2 is 2.20 bits per heavy atom. The van der Waals surface area contributed by atoms with E-state index in [4.69, 9.17) is 5.73 Å². The fraction of sp³-hybridized carbons (Fsp3) is 0.400. The molecule has 2 N–H and O–H groups in total. The summed E-state index contributed by atoms with van der Waals surface area (Å²) in [6.45, 7) is 3.72. The maximum Gasteiger partial charge on any atom is 0.0949 e. The van der Waals surface area contributed by atoms with Crippen molar-refractivity contribution in [1.82, 2.24) is 19.1 Å². The number of rotatable bonds is 4. The van der Waals surface area contributed by atoms with Gasteiger partial charge in [-0.05, 0) is 6.92 Å². The van der Waals surface area contributed by atoms with Crippen LogP contribution in [0.1, 0.15) is 18.7 Å². The molecule has 0 radical (unpaired) electrons. The Balaban J connectivity index is 2.02. The van der Waals surface area contributed by atoms with Gasteiger partial charge in [-0.3, -0.25) is 0 Å². The van der Waals surface area contributed by atoms with E-state index in [9.17, 15) is 0 Å². The van der Waals surface area contributed by atoms with Crippen LogP contribution in [0.4, 0.5) is 0 Å². The van der Waals surface area contributed by atoms with E-state index in [1.165, 1.54) is 0 Å². The molecule has 1 atom stereocenters. The summed E-state index contributed by atoms with van der Waals surface area (Å²) < 4.78 is 4.11. The normalized spacial score (nSPS) is 12.9. The van der Waals surface area contributed by atoms with E-state index in [1.807, 2.05) is 36.5 Å². The third-order valence-corrected chi connectivity index (χ3v) is 2.37. The van der Waals surface area contributed by atoms with Crippen molar-refractivity contribution in [1.29, 1.82) is 0 Å². The van der Waals surface area contributed by atoms with Crippen LogP contribution in [0.3, 0.4) is 0 Å². The van der Waals surface area contributed by atoms with Gasteiger partial charge >= 0.3 is 0 Å². The van der Waals surface area contributed by atoms with Gasteiger partial charge in [0.1, 0.15) is 0 Å². The standard InChI is InChI=1S/C10H15N5/c1-9(11)10-6-13-8-15(10)5-4-14-3-2-12-7-14/h2-3,6-9H,4-5,11H2,1H3/t9-/m0/s1. The topological polar surface area (TPSA) is 61.7 Å². The van der Waals surface area contributed by atoms with Crippen molar-refractivity contribution in [3.05, 3.63) is 36.9 Å². The van der Waals surface area contributed by atoms with Gasteiger partial charge in [-0.15, -0.1) is 0 Å². The summed E-state index contributed by atoms with van der Waals surface area (Å²) in [4.78, 5) is 8.09. The molecule has 5 nitrogen and oxygen atoms in total. The van der Waals surface area contributed by atoms with E-state index in [0.29, 0.717) is 0 Å². The van der Waals surface area contributed by atoms with Crippen LogP contribution < -0.4 is 5.73 Å². The predicted molar refractivity (Wildman–Crippen MR) is 57.1 cm³/mol. The third-order valence-electron chi connectivity index (χ3n) is 2.37. The van der Waals surface area contributed by atoms with Crippen LogP contribution in [-0.2, 0) is 13.1 Å². The number of nitrogens with two attached hydrogens (primary N) is 1. The first-order valence-electron chi connectivity index (χ1n) is 4.98. The molecule has 0 aromatic carbocycles. The predicted octanol–water partition coefficient (Wildman–Crippen LogP) is 0.799. The molecular formula is C10H15N5. The van der Waals surface area contributed by atoms with Gasteiger partial charge in [0.15, 0.2) is 0 Å². The van der Waals surface area contributed by atoms with Crippen LogP contribution in [0.15, 0.2) is 31.2 Å². The zero-order valence-corrected chi connectivity index (χ0v) is 8.74. The van der Waals surface area contributed by atoms with Crippen LogP contribution in [0.25, 0.3) is 0 Å². The number of imidazole rings is 2. The van der Waals surface area contributed by atoms with E-state index >= 15 is 0 Å². The lowest BCUT2D eigenvalue weighted by Crippen LogP contribution is -2.14. The minimum absolute atomic E-state index is 0.0234. The minimum Gasteiger partial charge on any atom is -0.336 e. The Hall–Kier alpha value is -1.62. The van der Waals surface area contributed by atoms with Gasteiger partial charge in [0, 0.05) is 37.7 Å². The summed E-state index contributed by atoms with van der Waals surface area (Å²) in [5, 5.41) is 0. The van der Waals surface area contributed by atoms with Gasteiger partial charge < -0.3 is 14.9 Å². The molecule has 0 saturated heterocycles. The number of hydrogen-bond donors (Lipinski definition) is 1. The Morgan fingerprint density at radius 3 is 2.87 bits per heavy atom. The van der Waals surface area contributed by atoms with E-state index in [1.54, 1.807) is 6.20 Å². The molecule has 0 saturated carbocycles. The van der Waals surface area contributed by atoms with Crippen LogP contribution >= 0.6 is 0 Å². The SMILES string of the molecule is C[C@H](N)c1cncn1CCn1ccnc1. The molecule has 2 aromatic rings. The van der Waals surface area contributed by atoms with Crippen molar-refractivity contribution in [2.45, 2.75) is 26.1 Å². The summed E-state index contributed by atoms with van der Waals surface area (Å²) >= 11 is 0. The quantitative estimate of drug-likeness (QED) is 0.803. The van der Waals surface area contributed by atoms with E-state index in [-0.39, 0.29) is 6.04 Å². The van der Waals surface area contributed by atoms with Crippen molar-refractivity contribution in [2.24, 2.45) is 5.73 Å². The van der Waals surface area contributed by atoms with Crippen molar-refractivity contribution in [2.75, 3.05) is 0 Å². The first-order valence-corrected chi connectivity index (χ1v) is 4.98. The number of aromatic nitrogens is 4. The summed E-state index contributed by atoms with van der Waals surface area (Å²) in [6.07, 6.45) is 9.17. The molecule has 0 bridgehead atoms. The molecule has 0 aliphatic heterocycles. The summed E-state index contributed by atoms with van der Waals surface area (Å²) in [5.74, 6) is 0. The average molecular weight is 205 g/mol. The lowest BCUT2D eigenvalue weighted by molar-refractivity contribution is 0.548. The maximum atomic E-state index is 5.83. The van der Waals surface area contributed by atoms with Gasteiger partial charge in [-0.2, -0.15) is 0 Å². The molecule has 0 aliphatic rings. The maximum absolute atomic E-state index is 5.83. The van der Waals surface area contributed by atoms with Crippen LogP contribution in [0.5, 0.6) is 0 Å². The lowest BCUT2D eigenvalue weighted by atomic mass is 10.3. The highest BCUT2D eigenvalue weighted by molar-refractivity contribution is 5.02. The number of aryl methyl sites for hydroxylation is 2. The van der Waals surface area contributed by atoms with E-state index in [0.717, 1.165) is 18.8 Å². The molecule has 0 fully saturated rings. The summed E-state index contributed by atoms with van der Waals surface area (Å²) in [7, 11) is 0. The largest absolute Gasteiger partial charge is 0.336 e. The highest BCUT2D eigenvalue weighted by atomic mass is 15.1. The third kappa shape index (κ3) is 2.24.